The number of ether oxygens (including phenoxy) is 1. The van der Waals surface area contributed by atoms with Crippen LogP contribution in [-0.4, -0.2) is 67.4 Å². The summed E-state index contributed by atoms with van der Waals surface area (Å²) in [4.78, 5) is 20.0. The summed E-state index contributed by atoms with van der Waals surface area (Å²) >= 11 is 0. The fourth-order valence-corrected chi connectivity index (χ4v) is 3.34. The number of anilines is 4. The minimum Gasteiger partial charge on any atom is -0.393 e. The van der Waals surface area contributed by atoms with Crippen LogP contribution in [0.5, 0.6) is 0 Å². The van der Waals surface area contributed by atoms with Gasteiger partial charge in [-0.15, -0.1) is 0 Å². The Labute approximate surface area is 147 Å². The maximum absolute atomic E-state index is 6.42. The van der Waals surface area contributed by atoms with Crippen LogP contribution in [0.25, 0.3) is 0 Å². The molecule has 2 aliphatic heterocycles. The zero-order valence-corrected chi connectivity index (χ0v) is 14.2. The zero-order valence-electron chi connectivity index (χ0n) is 14.2. The Kier molecular flexibility index (Phi) is 4.51. The number of nitrogens with zero attached hydrogens (tertiary/aromatic N) is 6. The fourth-order valence-electron chi connectivity index (χ4n) is 3.34. The zero-order chi connectivity index (χ0) is 17.1. The van der Waals surface area contributed by atoms with E-state index in [9.17, 15) is 0 Å². The third kappa shape index (κ3) is 3.30. The third-order valence-corrected chi connectivity index (χ3v) is 4.70. The minimum absolute atomic E-state index is 0.663. The van der Waals surface area contributed by atoms with E-state index in [0.29, 0.717) is 18.9 Å². The lowest BCUT2D eigenvalue weighted by Crippen LogP contribution is -2.47. The SMILES string of the molecule is Nc1c(N2CCOCC2)ncnc1N1CCN(c2ccccn2)CC1. The average Bonchev–Trinajstić information content (AvgIpc) is 2.70. The Morgan fingerprint density at radius 3 is 2.08 bits per heavy atom. The first-order valence-electron chi connectivity index (χ1n) is 8.67. The van der Waals surface area contributed by atoms with Crippen molar-refractivity contribution in [1.82, 2.24) is 15.0 Å². The van der Waals surface area contributed by atoms with Crippen molar-refractivity contribution in [1.29, 1.82) is 0 Å². The molecule has 0 saturated carbocycles. The number of hydrogen-bond donors (Lipinski definition) is 1. The van der Waals surface area contributed by atoms with Gasteiger partial charge in [0.05, 0.1) is 13.2 Å². The van der Waals surface area contributed by atoms with Gasteiger partial charge in [-0.25, -0.2) is 15.0 Å². The molecule has 25 heavy (non-hydrogen) atoms. The monoisotopic (exact) mass is 341 g/mol. The van der Waals surface area contributed by atoms with E-state index in [0.717, 1.165) is 56.7 Å². The normalized spacial score (nSPS) is 18.5. The first-order chi connectivity index (χ1) is 12.3. The molecule has 8 nitrogen and oxygen atoms in total. The van der Waals surface area contributed by atoms with Crippen LogP contribution in [0.4, 0.5) is 23.1 Å². The van der Waals surface area contributed by atoms with Gasteiger partial charge in [-0.3, -0.25) is 0 Å². The van der Waals surface area contributed by atoms with E-state index < -0.39 is 0 Å². The number of hydrogen-bond acceptors (Lipinski definition) is 8. The predicted octanol–water partition coefficient (Wildman–Crippen LogP) is 0.617. The Morgan fingerprint density at radius 1 is 0.800 bits per heavy atom. The van der Waals surface area contributed by atoms with Crippen molar-refractivity contribution in [2.45, 2.75) is 0 Å². The van der Waals surface area contributed by atoms with E-state index in [1.54, 1.807) is 6.33 Å². The Hall–Kier alpha value is -2.61. The highest BCUT2D eigenvalue weighted by Gasteiger charge is 2.24. The smallest absolute Gasteiger partial charge is 0.157 e. The first kappa shape index (κ1) is 15.9. The Bertz CT molecular complexity index is 697. The van der Waals surface area contributed by atoms with Crippen molar-refractivity contribution in [3.05, 3.63) is 30.7 Å². The highest BCUT2D eigenvalue weighted by Crippen LogP contribution is 2.30. The Balaban J connectivity index is 1.48. The molecule has 0 radical (unpaired) electrons. The molecule has 2 aromatic heterocycles. The average molecular weight is 341 g/mol. The number of piperazine rings is 1. The van der Waals surface area contributed by atoms with Crippen molar-refractivity contribution in [3.8, 4) is 0 Å². The molecular formula is C17H23N7O. The summed E-state index contributed by atoms with van der Waals surface area (Å²) in [5.41, 5.74) is 7.08. The number of aromatic nitrogens is 3. The second-order valence-electron chi connectivity index (χ2n) is 6.20. The van der Waals surface area contributed by atoms with Gasteiger partial charge >= 0.3 is 0 Å². The van der Waals surface area contributed by atoms with Gasteiger partial charge < -0.3 is 25.2 Å². The van der Waals surface area contributed by atoms with Gasteiger partial charge in [0.15, 0.2) is 11.6 Å². The van der Waals surface area contributed by atoms with Crippen molar-refractivity contribution >= 4 is 23.1 Å². The molecule has 2 fully saturated rings. The van der Waals surface area contributed by atoms with Crippen molar-refractivity contribution in [3.63, 3.8) is 0 Å². The van der Waals surface area contributed by atoms with E-state index in [-0.39, 0.29) is 0 Å². The van der Waals surface area contributed by atoms with Gasteiger partial charge in [-0.2, -0.15) is 0 Å². The Morgan fingerprint density at radius 2 is 1.44 bits per heavy atom. The largest absolute Gasteiger partial charge is 0.393 e. The maximum Gasteiger partial charge on any atom is 0.157 e. The molecule has 2 aromatic rings. The molecule has 0 amide bonds. The standard InChI is InChI=1S/C17H23N7O/c18-15-16(20-13-21-17(15)24-9-11-25-12-10-24)23-7-5-22(6-8-23)14-3-1-2-4-19-14/h1-4,13H,5-12,18H2. The molecule has 0 aromatic carbocycles. The maximum atomic E-state index is 6.42. The highest BCUT2D eigenvalue weighted by atomic mass is 16.5. The molecule has 2 aliphatic rings. The van der Waals surface area contributed by atoms with Crippen LogP contribution in [0.15, 0.2) is 30.7 Å². The summed E-state index contributed by atoms with van der Waals surface area (Å²) in [6, 6.07) is 6.01. The molecule has 0 aliphatic carbocycles. The van der Waals surface area contributed by atoms with Crippen LogP contribution >= 0.6 is 0 Å². The molecule has 132 valence electrons. The molecule has 2 saturated heterocycles. The van der Waals surface area contributed by atoms with Crippen molar-refractivity contribution < 1.29 is 4.74 Å². The van der Waals surface area contributed by atoms with Gasteiger partial charge in [0.1, 0.15) is 17.8 Å². The van der Waals surface area contributed by atoms with Crippen molar-refractivity contribution in [2.75, 3.05) is 72.9 Å². The summed E-state index contributed by atoms with van der Waals surface area (Å²) < 4.78 is 5.41. The van der Waals surface area contributed by atoms with E-state index >= 15 is 0 Å². The highest BCUT2D eigenvalue weighted by molar-refractivity contribution is 5.76. The van der Waals surface area contributed by atoms with Gasteiger partial charge in [0.2, 0.25) is 0 Å². The molecule has 0 bridgehead atoms. The van der Waals surface area contributed by atoms with Crippen LogP contribution in [0, 0.1) is 0 Å². The second-order valence-corrected chi connectivity index (χ2v) is 6.20. The topological polar surface area (TPSA) is 83.6 Å². The van der Waals surface area contributed by atoms with Crippen LogP contribution < -0.4 is 20.4 Å². The molecule has 0 spiro atoms. The number of morpholine rings is 1. The summed E-state index contributed by atoms with van der Waals surface area (Å²) in [6.07, 6.45) is 3.44. The summed E-state index contributed by atoms with van der Waals surface area (Å²) in [5.74, 6) is 2.67. The lowest BCUT2D eigenvalue weighted by Gasteiger charge is -2.37. The van der Waals surface area contributed by atoms with E-state index in [1.165, 1.54) is 0 Å². The van der Waals surface area contributed by atoms with E-state index in [1.807, 2.05) is 24.4 Å². The molecule has 4 heterocycles. The number of nitrogen functional groups attached to an aromatic ring is 1. The van der Waals surface area contributed by atoms with Crippen LogP contribution in [0.1, 0.15) is 0 Å². The van der Waals surface area contributed by atoms with Gasteiger partial charge in [0, 0.05) is 45.5 Å². The minimum atomic E-state index is 0.663. The van der Waals surface area contributed by atoms with Crippen molar-refractivity contribution in [2.24, 2.45) is 0 Å². The van der Waals surface area contributed by atoms with Crippen LogP contribution in [0.3, 0.4) is 0 Å². The molecule has 4 rings (SSSR count). The third-order valence-electron chi connectivity index (χ3n) is 4.70. The lowest BCUT2D eigenvalue weighted by atomic mass is 10.2. The summed E-state index contributed by atoms with van der Waals surface area (Å²) in [7, 11) is 0. The quantitative estimate of drug-likeness (QED) is 0.870. The van der Waals surface area contributed by atoms with Gasteiger partial charge in [-0.1, -0.05) is 6.07 Å². The number of nitrogens with two attached hydrogens (primary N) is 1. The summed E-state index contributed by atoms with van der Waals surface area (Å²) in [6.45, 7) is 6.56. The molecular weight excluding hydrogens is 318 g/mol. The van der Waals surface area contributed by atoms with Crippen LogP contribution in [0.2, 0.25) is 0 Å². The molecule has 8 heteroatoms. The number of rotatable bonds is 3. The first-order valence-corrected chi connectivity index (χ1v) is 8.67. The second kappa shape index (κ2) is 7.10. The lowest BCUT2D eigenvalue weighted by molar-refractivity contribution is 0.122. The summed E-state index contributed by atoms with van der Waals surface area (Å²) in [5, 5.41) is 0. The number of pyridine rings is 1. The van der Waals surface area contributed by atoms with Gasteiger partial charge in [-0.05, 0) is 12.1 Å². The fraction of sp³-hybridized carbons (Fsp3) is 0.471. The molecule has 2 N–H and O–H groups in total. The molecule has 0 atom stereocenters. The van der Waals surface area contributed by atoms with E-state index in [4.69, 9.17) is 10.5 Å². The molecule has 0 unspecified atom stereocenters. The predicted molar refractivity (Wildman–Crippen MR) is 98.1 cm³/mol. The van der Waals surface area contributed by atoms with E-state index in [2.05, 4.69) is 29.7 Å². The van der Waals surface area contributed by atoms with Crippen LogP contribution in [-0.2, 0) is 4.74 Å². The van der Waals surface area contributed by atoms with Gasteiger partial charge in [0.25, 0.3) is 0 Å².